The number of rotatable bonds is 5. The first-order valence-corrected chi connectivity index (χ1v) is 9.52. The molecule has 4 nitrogen and oxygen atoms in total. The van der Waals surface area contributed by atoms with Crippen LogP contribution < -0.4 is 9.47 Å². The number of hydrogen-bond donors (Lipinski definition) is 0. The van der Waals surface area contributed by atoms with Crippen LogP contribution in [-0.2, 0) is 5.41 Å². The topological polar surface area (TPSA) is 66.0 Å². The Hall–Kier alpha value is -4.28. The maximum absolute atomic E-state index is 8.80. The van der Waals surface area contributed by atoms with Crippen molar-refractivity contribution in [1.82, 2.24) is 0 Å². The van der Waals surface area contributed by atoms with Gasteiger partial charge < -0.3 is 9.47 Å². The maximum Gasteiger partial charge on any atom is 0.292 e. The molecule has 1 unspecified atom stereocenters. The summed E-state index contributed by atoms with van der Waals surface area (Å²) in [6, 6.07) is 25.5. The highest BCUT2D eigenvalue weighted by Gasteiger charge is 2.40. The molecule has 0 N–H and O–H groups in total. The predicted octanol–water partition coefficient (Wildman–Crippen LogP) is 5.60. The van der Waals surface area contributed by atoms with Gasteiger partial charge in [0.15, 0.2) is 0 Å². The van der Waals surface area contributed by atoms with Crippen molar-refractivity contribution in [3.05, 3.63) is 120 Å². The molecule has 1 aliphatic carbocycles. The van der Waals surface area contributed by atoms with E-state index in [0.29, 0.717) is 11.5 Å². The highest BCUT2D eigenvalue weighted by Crippen LogP contribution is 2.48. The van der Waals surface area contributed by atoms with Crippen LogP contribution in [0.15, 0.2) is 103 Å². The second kappa shape index (κ2) is 8.39. The lowest BCUT2D eigenvalue weighted by Gasteiger charge is -2.40. The zero-order chi connectivity index (χ0) is 20.8. The second-order valence-electron chi connectivity index (χ2n) is 6.94. The molecule has 0 bridgehead atoms. The molecule has 0 radical (unpaired) electrons. The molecule has 1 aliphatic rings. The van der Waals surface area contributed by atoms with Gasteiger partial charge in [0.25, 0.3) is 12.5 Å². The lowest BCUT2D eigenvalue weighted by atomic mass is 9.62. The molecule has 0 aromatic heterocycles. The van der Waals surface area contributed by atoms with E-state index < -0.39 is 5.41 Å². The summed E-state index contributed by atoms with van der Waals surface area (Å²) in [5.41, 5.74) is 2.84. The fourth-order valence-corrected chi connectivity index (χ4v) is 4.09. The van der Waals surface area contributed by atoms with E-state index in [4.69, 9.17) is 20.0 Å². The van der Waals surface area contributed by atoms with Gasteiger partial charge in [-0.2, -0.15) is 0 Å². The van der Waals surface area contributed by atoms with Crippen LogP contribution in [0.5, 0.6) is 11.5 Å². The van der Waals surface area contributed by atoms with Crippen LogP contribution in [0, 0.1) is 23.0 Å². The van der Waals surface area contributed by atoms with Gasteiger partial charge in [0.2, 0.25) is 0 Å². The van der Waals surface area contributed by atoms with E-state index in [-0.39, 0.29) is 5.92 Å². The van der Waals surface area contributed by atoms with Crippen molar-refractivity contribution < 1.29 is 9.47 Å². The quantitative estimate of drug-likeness (QED) is 0.532. The van der Waals surface area contributed by atoms with Crippen molar-refractivity contribution in [1.29, 1.82) is 10.5 Å². The molecule has 1 atom stereocenters. The van der Waals surface area contributed by atoms with Gasteiger partial charge >= 0.3 is 0 Å². The minimum absolute atomic E-state index is 0.0502. The molecule has 0 saturated carbocycles. The molecule has 30 heavy (non-hydrogen) atoms. The van der Waals surface area contributed by atoms with Gasteiger partial charge in [-0.15, -0.1) is 10.5 Å². The van der Waals surface area contributed by atoms with Gasteiger partial charge in [-0.05, 0) is 41.0 Å². The molecule has 3 aromatic rings. The molecule has 3 aromatic carbocycles. The minimum atomic E-state index is -0.480. The molecule has 144 valence electrons. The normalized spacial score (nSPS) is 16.3. The van der Waals surface area contributed by atoms with Gasteiger partial charge in [-0.3, -0.25) is 0 Å². The van der Waals surface area contributed by atoms with E-state index in [1.54, 1.807) is 12.5 Å². The standard InChI is InChI=1S/C26H18N2O2/c27-18-29-23-13-9-21(10-14-23)26(22-11-15-24(16-12-22)30-19-28)17-5-4-8-25(26)20-6-2-1-3-7-20/h1-17,25H. The van der Waals surface area contributed by atoms with Gasteiger partial charge in [0, 0.05) is 11.3 Å². The monoisotopic (exact) mass is 390 g/mol. The highest BCUT2D eigenvalue weighted by molar-refractivity contribution is 5.55. The average molecular weight is 390 g/mol. The van der Waals surface area contributed by atoms with E-state index in [9.17, 15) is 0 Å². The third kappa shape index (κ3) is 3.43. The van der Waals surface area contributed by atoms with E-state index in [1.165, 1.54) is 5.56 Å². The number of hydrogen-bond acceptors (Lipinski definition) is 4. The SMILES string of the molecule is N#COc1ccc(C2(c3ccc(OC#N)cc3)C=CC=CC2c2ccccc2)cc1. The van der Waals surface area contributed by atoms with Gasteiger partial charge in [-0.1, -0.05) is 78.9 Å². The first kappa shape index (κ1) is 19.1. The number of nitrogens with zero attached hydrogens (tertiary/aromatic N) is 2. The molecule has 0 spiro atoms. The van der Waals surface area contributed by atoms with Crippen LogP contribution in [0.1, 0.15) is 22.6 Å². The molecular weight excluding hydrogens is 372 g/mol. The fourth-order valence-electron chi connectivity index (χ4n) is 4.09. The molecular formula is C26H18N2O2. The molecule has 0 fully saturated rings. The van der Waals surface area contributed by atoms with Crippen LogP contribution >= 0.6 is 0 Å². The molecule has 0 heterocycles. The third-order valence-corrected chi connectivity index (χ3v) is 5.41. The van der Waals surface area contributed by atoms with Crippen LogP contribution in [-0.4, -0.2) is 0 Å². The number of nitriles is 2. The van der Waals surface area contributed by atoms with Crippen LogP contribution in [0.3, 0.4) is 0 Å². The Morgan fingerprint density at radius 3 is 1.70 bits per heavy atom. The number of allylic oxidation sites excluding steroid dienone is 4. The molecule has 4 rings (SSSR count). The second-order valence-corrected chi connectivity index (χ2v) is 6.94. The summed E-state index contributed by atoms with van der Waals surface area (Å²) in [4.78, 5) is 0. The lowest BCUT2D eigenvalue weighted by molar-refractivity contribution is 0.503. The summed E-state index contributed by atoms with van der Waals surface area (Å²) in [6.07, 6.45) is 11.9. The van der Waals surface area contributed by atoms with E-state index in [0.717, 1.165) is 11.1 Å². The Morgan fingerprint density at radius 2 is 1.20 bits per heavy atom. The van der Waals surface area contributed by atoms with E-state index >= 15 is 0 Å². The van der Waals surface area contributed by atoms with E-state index in [1.807, 2.05) is 66.7 Å². The van der Waals surface area contributed by atoms with Gasteiger partial charge in [-0.25, -0.2) is 0 Å². The Balaban J connectivity index is 1.90. The van der Waals surface area contributed by atoms with Crippen molar-refractivity contribution in [2.24, 2.45) is 0 Å². The smallest absolute Gasteiger partial charge is 0.292 e. The Labute approximate surface area is 175 Å². The van der Waals surface area contributed by atoms with Crippen LogP contribution in [0.2, 0.25) is 0 Å². The highest BCUT2D eigenvalue weighted by atomic mass is 16.5. The maximum atomic E-state index is 8.80. The molecule has 4 heteroatoms. The Morgan fingerprint density at radius 1 is 0.667 bits per heavy atom. The zero-order valence-corrected chi connectivity index (χ0v) is 16.1. The largest absolute Gasteiger partial charge is 0.388 e. The van der Waals surface area contributed by atoms with Crippen molar-refractivity contribution in [3.63, 3.8) is 0 Å². The fraction of sp³-hybridized carbons (Fsp3) is 0.0769. The summed E-state index contributed by atoms with van der Waals surface area (Å²) in [5, 5.41) is 17.6. The summed E-state index contributed by atoms with van der Waals surface area (Å²) >= 11 is 0. The Bertz CT molecular complexity index is 1090. The lowest BCUT2D eigenvalue weighted by Crippen LogP contribution is -2.33. The average Bonchev–Trinajstić information content (AvgIpc) is 2.81. The van der Waals surface area contributed by atoms with Crippen molar-refractivity contribution >= 4 is 0 Å². The zero-order valence-electron chi connectivity index (χ0n) is 16.1. The summed E-state index contributed by atoms with van der Waals surface area (Å²) < 4.78 is 9.93. The van der Waals surface area contributed by atoms with Crippen molar-refractivity contribution in [2.45, 2.75) is 11.3 Å². The molecule has 0 aliphatic heterocycles. The summed E-state index contributed by atoms with van der Waals surface area (Å²) in [6.45, 7) is 0. The van der Waals surface area contributed by atoms with E-state index in [2.05, 4.69) is 36.4 Å². The molecule has 0 saturated heterocycles. The Kier molecular flexibility index (Phi) is 5.33. The third-order valence-electron chi connectivity index (χ3n) is 5.41. The number of benzene rings is 3. The van der Waals surface area contributed by atoms with Crippen molar-refractivity contribution in [3.8, 4) is 24.0 Å². The number of ether oxygens (including phenoxy) is 2. The van der Waals surface area contributed by atoms with Gasteiger partial charge in [0.1, 0.15) is 11.5 Å². The minimum Gasteiger partial charge on any atom is -0.388 e. The van der Waals surface area contributed by atoms with Crippen molar-refractivity contribution in [2.75, 3.05) is 0 Å². The molecule has 0 amide bonds. The summed E-state index contributed by atoms with van der Waals surface area (Å²) in [7, 11) is 0. The first-order valence-electron chi connectivity index (χ1n) is 9.52. The summed E-state index contributed by atoms with van der Waals surface area (Å²) in [5.74, 6) is 1.05. The predicted molar refractivity (Wildman–Crippen MR) is 114 cm³/mol. The van der Waals surface area contributed by atoms with Gasteiger partial charge in [0.05, 0.1) is 0 Å². The van der Waals surface area contributed by atoms with Crippen LogP contribution in [0.25, 0.3) is 0 Å². The van der Waals surface area contributed by atoms with Crippen LogP contribution in [0.4, 0.5) is 0 Å². The first-order chi connectivity index (χ1) is 14.8.